The fourth-order valence-electron chi connectivity index (χ4n) is 0. The predicted octanol–water partition coefficient (Wildman–Crippen LogP) is -1.22. The van der Waals surface area contributed by atoms with E-state index in [2.05, 4.69) is 20.8 Å². The molecule has 0 fully saturated rings. The quantitative estimate of drug-likeness (QED) is 0.451. The van der Waals surface area contributed by atoms with E-state index in [1.807, 2.05) is 0 Å². The van der Waals surface area contributed by atoms with Gasteiger partial charge in [-0.2, -0.15) is 0 Å². The maximum absolute atomic E-state index is 2.17. The molecule has 0 aromatic heterocycles. The van der Waals surface area contributed by atoms with Gasteiger partial charge in [-0.25, -0.2) is 0 Å². The third kappa shape index (κ3) is 23.6. The smallest absolute Gasteiger partial charge is 1.00 e. The molecular weight excluding hydrogens is 181 g/mol. The molecule has 0 saturated heterocycles. The molecule has 5 heavy (non-hydrogen) atoms. The monoisotopic (exact) mass is 192 g/mol. The van der Waals surface area contributed by atoms with Crippen LogP contribution in [-0.4, -0.2) is 0 Å². The second-order valence-electron chi connectivity index (χ2n) is 1.73. The van der Waals surface area contributed by atoms with Gasteiger partial charge in [0.2, 0.25) is 0 Å². The molecule has 0 aromatic carbocycles. The van der Waals surface area contributed by atoms with Crippen molar-refractivity contribution in [2.75, 3.05) is 0 Å². The summed E-state index contributed by atoms with van der Waals surface area (Å²) >= 11 is 0. The number of rotatable bonds is 0. The average molecular weight is 192 g/mol. The van der Waals surface area contributed by atoms with Crippen molar-refractivity contribution in [1.82, 2.24) is 0 Å². The van der Waals surface area contributed by atoms with Gasteiger partial charge in [0, 0.05) is 0 Å². The molecule has 0 N–H and O–H groups in total. The molecule has 0 bridgehead atoms. The molecule has 0 aliphatic carbocycles. The molecule has 0 unspecified atom stereocenters. The van der Waals surface area contributed by atoms with Crippen LogP contribution >= 0.6 is 0 Å². The summed E-state index contributed by atoms with van der Waals surface area (Å²) in [4.78, 5) is 0. The minimum absolute atomic E-state index is 0. The van der Waals surface area contributed by atoms with E-state index >= 15 is 0 Å². The van der Waals surface area contributed by atoms with Crippen LogP contribution in [0.25, 0.3) is 0 Å². The van der Waals surface area contributed by atoms with Gasteiger partial charge in [-0.1, -0.05) is 20.8 Å². The van der Waals surface area contributed by atoms with Crippen LogP contribution in [0.4, 0.5) is 0 Å². The summed E-state index contributed by atoms with van der Waals surface area (Å²) in [5.41, 5.74) is 0. The Labute approximate surface area is 94.6 Å². The van der Waals surface area contributed by atoms with E-state index in [9.17, 15) is 0 Å². The summed E-state index contributed by atoms with van der Waals surface area (Å²) in [5.74, 6) is 0.833. The second-order valence-corrected chi connectivity index (χ2v) is 1.73. The normalized spacial score (nSPS) is 7.20. The van der Waals surface area contributed by atoms with E-state index in [-0.39, 0.29) is 70.3 Å². The van der Waals surface area contributed by atoms with Gasteiger partial charge in [0.15, 0.2) is 0 Å². The molecule has 0 spiro atoms. The zero-order valence-electron chi connectivity index (χ0n) is 5.58. The van der Waals surface area contributed by atoms with Crippen LogP contribution in [0.5, 0.6) is 0 Å². The maximum Gasteiger partial charge on any atom is 1.00 e. The van der Waals surface area contributed by atoms with Crippen molar-refractivity contribution in [3.63, 3.8) is 0 Å². The molecule has 0 radical (unpaired) electrons. The van der Waals surface area contributed by atoms with Crippen molar-refractivity contribution in [2.24, 2.45) is 5.92 Å². The molecule has 0 rings (SSSR count). The van der Waals surface area contributed by atoms with Crippen molar-refractivity contribution in [3.8, 4) is 0 Å². The Balaban J connectivity index is -0.0000000450. The van der Waals surface area contributed by atoms with Crippen molar-refractivity contribution >= 4 is 0 Å². The first-order valence-electron chi connectivity index (χ1n) is 1.73. The predicted molar refractivity (Wildman–Crippen MR) is 21.6 cm³/mol. The zero-order valence-corrected chi connectivity index (χ0v) is 10.9. The Morgan fingerprint density at radius 3 is 1.20 bits per heavy atom. The van der Waals surface area contributed by atoms with Crippen LogP contribution in [0.3, 0.4) is 0 Å². The summed E-state index contributed by atoms with van der Waals surface area (Å²) in [6, 6.07) is 0. The summed E-state index contributed by atoms with van der Waals surface area (Å²) in [6.07, 6.45) is 0. The first-order valence-corrected chi connectivity index (χ1v) is 1.73. The van der Waals surface area contributed by atoms with E-state index in [0.717, 1.165) is 5.92 Å². The van der Waals surface area contributed by atoms with Gasteiger partial charge in [-0.3, -0.25) is 0 Å². The Morgan fingerprint density at radius 2 is 1.20 bits per heavy atom. The van der Waals surface area contributed by atoms with Gasteiger partial charge in [-0.15, -0.1) is 0 Å². The molecule has 0 aromatic rings. The van der Waals surface area contributed by atoms with E-state index in [4.69, 9.17) is 0 Å². The van der Waals surface area contributed by atoms with Crippen molar-refractivity contribution in [1.29, 1.82) is 0 Å². The fraction of sp³-hybridized carbons (Fsp3) is 1.00. The Kier molecular flexibility index (Phi) is 12.2. The standard InChI is InChI=1S/C4H10.Cs.H/c1-4(2)3;;/h4H,1-3H3;;/q;+1;-1. The van der Waals surface area contributed by atoms with Gasteiger partial charge in [0.1, 0.15) is 0 Å². The van der Waals surface area contributed by atoms with Crippen molar-refractivity contribution in [3.05, 3.63) is 0 Å². The summed E-state index contributed by atoms with van der Waals surface area (Å²) in [7, 11) is 0. The number of hydrogen-bond acceptors (Lipinski definition) is 0. The fourth-order valence-corrected chi connectivity index (χ4v) is 0. The molecule has 28 valence electrons. The SMILES string of the molecule is CC(C)C.[Cs+].[H-]. The zero-order chi connectivity index (χ0) is 3.58. The van der Waals surface area contributed by atoms with E-state index < -0.39 is 0 Å². The molecule has 0 atom stereocenters. The van der Waals surface area contributed by atoms with Crippen molar-refractivity contribution in [2.45, 2.75) is 20.8 Å². The molecule has 0 heterocycles. The van der Waals surface area contributed by atoms with E-state index in [1.165, 1.54) is 0 Å². The van der Waals surface area contributed by atoms with Gasteiger partial charge < -0.3 is 1.43 Å². The molecule has 0 aliphatic heterocycles. The van der Waals surface area contributed by atoms with Gasteiger partial charge in [0.05, 0.1) is 0 Å². The molecule has 0 amide bonds. The Morgan fingerprint density at radius 1 is 1.20 bits per heavy atom. The largest absolute Gasteiger partial charge is 1.00 e. The second kappa shape index (κ2) is 6.05. The Bertz CT molecular complexity index is 12.3. The van der Waals surface area contributed by atoms with Crippen LogP contribution < -0.4 is 68.9 Å². The van der Waals surface area contributed by atoms with Crippen LogP contribution in [0.2, 0.25) is 0 Å². The summed E-state index contributed by atoms with van der Waals surface area (Å²) in [5, 5.41) is 0. The molecule has 0 nitrogen and oxygen atoms in total. The van der Waals surface area contributed by atoms with Gasteiger partial charge in [-0.05, 0) is 5.92 Å². The topological polar surface area (TPSA) is 0 Å². The first-order chi connectivity index (χ1) is 1.73. The van der Waals surface area contributed by atoms with Crippen molar-refractivity contribution < 1.29 is 70.3 Å². The minimum atomic E-state index is 0. The molecule has 1 heteroatoms. The summed E-state index contributed by atoms with van der Waals surface area (Å²) < 4.78 is 0. The van der Waals surface area contributed by atoms with Crippen LogP contribution in [0.15, 0.2) is 0 Å². The molecular formula is C4H11Cs. The molecule has 0 aliphatic rings. The van der Waals surface area contributed by atoms with E-state index in [0.29, 0.717) is 0 Å². The third-order valence-corrected chi connectivity index (χ3v) is 0. The van der Waals surface area contributed by atoms with Crippen LogP contribution in [-0.2, 0) is 0 Å². The van der Waals surface area contributed by atoms with Crippen LogP contribution in [0.1, 0.15) is 22.2 Å². The third-order valence-electron chi connectivity index (χ3n) is 0. The van der Waals surface area contributed by atoms with Crippen LogP contribution in [0, 0.1) is 5.92 Å². The molecule has 0 saturated carbocycles. The average Bonchev–Trinajstić information content (AvgIpc) is 0.811. The number of hydrogen-bond donors (Lipinski definition) is 0. The minimum Gasteiger partial charge on any atom is -1.00 e. The van der Waals surface area contributed by atoms with Gasteiger partial charge in [0.25, 0.3) is 0 Å². The maximum atomic E-state index is 2.17. The summed E-state index contributed by atoms with van der Waals surface area (Å²) in [6.45, 7) is 6.50. The Hall–Kier alpha value is 2.05. The van der Waals surface area contributed by atoms with Gasteiger partial charge >= 0.3 is 68.9 Å². The first kappa shape index (κ1) is 10.1. The van der Waals surface area contributed by atoms with E-state index in [1.54, 1.807) is 0 Å².